The fraction of sp³-hybridized carbons (Fsp3) is 0.538. The molecule has 0 aliphatic carbocycles. The van der Waals surface area contributed by atoms with Gasteiger partial charge in [-0.05, 0) is 45.8 Å². The number of halogens is 2. The van der Waals surface area contributed by atoms with Gasteiger partial charge in [-0.25, -0.2) is 0 Å². The molecule has 16 heavy (non-hydrogen) atoms. The second-order valence-electron chi connectivity index (χ2n) is 5.35. The maximum absolute atomic E-state index is 6.21. The molecule has 1 aromatic rings. The van der Waals surface area contributed by atoms with Crippen molar-refractivity contribution in [3.05, 3.63) is 33.3 Å². The van der Waals surface area contributed by atoms with Crippen LogP contribution in [0.2, 0.25) is 5.02 Å². The molecule has 0 aliphatic rings. The molecule has 0 spiro atoms. The predicted octanol–water partition coefficient (Wildman–Crippen LogP) is 4.93. The van der Waals surface area contributed by atoms with Crippen molar-refractivity contribution in [3.8, 4) is 0 Å². The third kappa shape index (κ3) is 4.08. The van der Waals surface area contributed by atoms with Crippen LogP contribution in [0.1, 0.15) is 45.2 Å². The molecule has 0 aliphatic heterocycles. The van der Waals surface area contributed by atoms with Gasteiger partial charge in [0.1, 0.15) is 0 Å². The number of nitrogens with two attached hydrogens (primary N) is 1. The zero-order chi connectivity index (χ0) is 12.3. The fourth-order valence-electron chi connectivity index (χ4n) is 1.55. The summed E-state index contributed by atoms with van der Waals surface area (Å²) >= 11 is 9.63. The highest BCUT2D eigenvalue weighted by atomic mass is 79.9. The number of hydrogen-bond donors (Lipinski definition) is 1. The van der Waals surface area contributed by atoms with Crippen molar-refractivity contribution in [2.45, 2.75) is 39.7 Å². The Morgan fingerprint density at radius 3 is 2.56 bits per heavy atom. The summed E-state index contributed by atoms with van der Waals surface area (Å²) in [5.74, 6) is 0. The van der Waals surface area contributed by atoms with Gasteiger partial charge in [-0.2, -0.15) is 0 Å². The van der Waals surface area contributed by atoms with E-state index in [1.807, 2.05) is 18.2 Å². The normalized spacial score (nSPS) is 13.9. The average molecular weight is 305 g/mol. The molecule has 1 atom stereocenters. The second-order valence-corrected chi connectivity index (χ2v) is 6.58. The second kappa shape index (κ2) is 5.52. The van der Waals surface area contributed by atoms with Gasteiger partial charge in [0.2, 0.25) is 0 Å². The number of rotatable bonds is 3. The summed E-state index contributed by atoms with van der Waals surface area (Å²) in [7, 11) is 0. The van der Waals surface area contributed by atoms with Crippen molar-refractivity contribution < 1.29 is 0 Å². The lowest BCUT2D eigenvalue weighted by atomic mass is 9.87. The van der Waals surface area contributed by atoms with Crippen LogP contribution in [0, 0.1) is 5.41 Å². The summed E-state index contributed by atoms with van der Waals surface area (Å²) in [6.07, 6.45) is 2.05. The number of benzene rings is 1. The molecular weight excluding hydrogens is 286 g/mol. The van der Waals surface area contributed by atoms with Crippen molar-refractivity contribution in [1.82, 2.24) is 0 Å². The summed E-state index contributed by atoms with van der Waals surface area (Å²) in [4.78, 5) is 0. The van der Waals surface area contributed by atoms with Gasteiger partial charge >= 0.3 is 0 Å². The van der Waals surface area contributed by atoms with Crippen LogP contribution in [0.5, 0.6) is 0 Å². The van der Waals surface area contributed by atoms with E-state index in [4.69, 9.17) is 17.3 Å². The highest BCUT2D eigenvalue weighted by molar-refractivity contribution is 9.10. The molecule has 0 saturated carbocycles. The topological polar surface area (TPSA) is 26.0 Å². The van der Waals surface area contributed by atoms with E-state index in [0.29, 0.717) is 5.41 Å². The molecule has 0 amide bonds. The molecule has 0 saturated heterocycles. The van der Waals surface area contributed by atoms with Gasteiger partial charge in [-0.15, -0.1) is 0 Å². The van der Waals surface area contributed by atoms with Crippen molar-refractivity contribution in [2.24, 2.45) is 11.1 Å². The van der Waals surface area contributed by atoms with Crippen molar-refractivity contribution in [2.75, 3.05) is 0 Å². The Morgan fingerprint density at radius 2 is 2.00 bits per heavy atom. The first-order valence-electron chi connectivity index (χ1n) is 5.51. The molecule has 0 fully saturated rings. The van der Waals surface area contributed by atoms with Crippen molar-refractivity contribution >= 4 is 27.5 Å². The summed E-state index contributed by atoms with van der Waals surface area (Å²) < 4.78 is 0.915. The van der Waals surface area contributed by atoms with Crippen molar-refractivity contribution in [1.29, 1.82) is 0 Å². The number of hydrogen-bond acceptors (Lipinski definition) is 1. The lowest BCUT2D eigenvalue weighted by Gasteiger charge is -2.21. The van der Waals surface area contributed by atoms with Crippen LogP contribution in [0.4, 0.5) is 0 Å². The highest BCUT2D eigenvalue weighted by Crippen LogP contribution is 2.33. The SMILES string of the molecule is CC(C)(C)CCC(N)c1cccc(Br)c1Cl. The zero-order valence-electron chi connectivity index (χ0n) is 10.1. The van der Waals surface area contributed by atoms with E-state index in [0.717, 1.165) is 27.9 Å². The van der Waals surface area contributed by atoms with Crippen LogP contribution in [0.25, 0.3) is 0 Å². The minimum Gasteiger partial charge on any atom is -0.324 e. The van der Waals surface area contributed by atoms with Gasteiger partial charge in [-0.3, -0.25) is 0 Å². The Labute approximate surface area is 111 Å². The molecule has 1 aromatic carbocycles. The highest BCUT2D eigenvalue weighted by Gasteiger charge is 2.16. The van der Waals surface area contributed by atoms with Gasteiger partial charge in [0, 0.05) is 10.5 Å². The Morgan fingerprint density at radius 1 is 1.38 bits per heavy atom. The largest absolute Gasteiger partial charge is 0.324 e. The minimum absolute atomic E-state index is 0.0178. The maximum atomic E-state index is 6.21. The Hall–Kier alpha value is -0.0500. The zero-order valence-corrected chi connectivity index (χ0v) is 12.4. The van der Waals surface area contributed by atoms with E-state index in [1.165, 1.54) is 0 Å². The molecular formula is C13H19BrClN. The van der Waals surface area contributed by atoms with Crippen LogP contribution >= 0.6 is 27.5 Å². The molecule has 2 N–H and O–H groups in total. The molecule has 90 valence electrons. The standard InChI is InChI=1S/C13H19BrClN/c1-13(2,3)8-7-11(16)9-5-4-6-10(14)12(9)15/h4-6,11H,7-8,16H2,1-3H3. The summed E-state index contributed by atoms with van der Waals surface area (Å²) in [5, 5.41) is 0.740. The Bertz CT molecular complexity index is 357. The maximum Gasteiger partial charge on any atom is 0.0595 e. The first kappa shape index (κ1) is 14.0. The molecule has 1 rings (SSSR count). The van der Waals surface area contributed by atoms with Crippen molar-refractivity contribution in [3.63, 3.8) is 0 Å². The third-order valence-electron chi connectivity index (χ3n) is 2.59. The average Bonchev–Trinajstić information content (AvgIpc) is 2.17. The van der Waals surface area contributed by atoms with Gasteiger partial charge < -0.3 is 5.73 Å². The first-order chi connectivity index (χ1) is 7.31. The molecule has 0 aromatic heterocycles. The Kier molecular flexibility index (Phi) is 4.84. The lowest BCUT2D eigenvalue weighted by Crippen LogP contribution is -2.15. The van der Waals surface area contributed by atoms with Crippen LogP contribution in [-0.4, -0.2) is 0 Å². The lowest BCUT2D eigenvalue weighted by molar-refractivity contribution is 0.350. The van der Waals surface area contributed by atoms with Crippen LogP contribution in [-0.2, 0) is 0 Å². The molecule has 0 bridgehead atoms. The van der Waals surface area contributed by atoms with E-state index < -0.39 is 0 Å². The quantitative estimate of drug-likeness (QED) is 0.842. The molecule has 0 radical (unpaired) electrons. The van der Waals surface area contributed by atoms with E-state index in [1.54, 1.807) is 0 Å². The van der Waals surface area contributed by atoms with E-state index in [2.05, 4.69) is 36.7 Å². The summed E-state index contributed by atoms with van der Waals surface area (Å²) in [5.41, 5.74) is 7.51. The minimum atomic E-state index is 0.0178. The summed E-state index contributed by atoms with van der Waals surface area (Å²) in [6, 6.07) is 5.93. The van der Waals surface area contributed by atoms with E-state index in [-0.39, 0.29) is 6.04 Å². The fourth-order valence-corrected chi connectivity index (χ4v) is 2.20. The molecule has 1 nitrogen and oxygen atoms in total. The van der Waals surface area contributed by atoms with Gasteiger partial charge in [0.25, 0.3) is 0 Å². The van der Waals surface area contributed by atoms with E-state index >= 15 is 0 Å². The van der Waals surface area contributed by atoms with E-state index in [9.17, 15) is 0 Å². The van der Waals surface area contributed by atoms with Crippen LogP contribution < -0.4 is 5.73 Å². The first-order valence-corrected chi connectivity index (χ1v) is 6.68. The van der Waals surface area contributed by atoms with Gasteiger partial charge in [0.05, 0.1) is 5.02 Å². The van der Waals surface area contributed by atoms with Crippen LogP contribution in [0.3, 0.4) is 0 Å². The Balaban J connectivity index is 2.73. The predicted molar refractivity (Wildman–Crippen MR) is 74.8 cm³/mol. The van der Waals surface area contributed by atoms with Gasteiger partial charge in [0.15, 0.2) is 0 Å². The molecule has 0 heterocycles. The van der Waals surface area contributed by atoms with Gasteiger partial charge in [-0.1, -0.05) is 44.5 Å². The summed E-state index contributed by atoms with van der Waals surface area (Å²) in [6.45, 7) is 6.67. The third-order valence-corrected chi connectivity index (χ3v) is 3.90. The molecule has 3 heteroatoms. The smallest absolute Gasteiger partial charge is 0.0595 e. The monoisotopic (exact) mass is 303 g/mol. The molecule has 1 unspecified atom stereocenters. The van der Waals surface area contributed by atoms with Crippen LogP contribution in [0.15, 0.2) is 22.7 Å².